The molecule has 0 spiro atoms. The molecule has 0 bridgehead atoms. The third kappa shape index (κ3) is 5.15. The van der Waals surface area contributed by atoms with Gasteiger partial charge in [-0.05, 0) is 68.0 Å². The van der Waals surface area contributed by atoms with E-state index in [-0.39, 0.29) is 4.90 Å². The monoisotopic (exact) mass is 455 g/mol. The van der Waals surface area contributed by atoms with Crippen molar-refractivity contribution in [3.05, 3.63) is 78.4 Å². The van der Waals surface area contributed by atoms with Gasteiger partial charge >= 0.3 is 0 Å². The first-order valence-electron chi connectivity index (χ1n) is 9.76. The number of thiocarbonyl (C=S) groups is 1. The minimum Gasteiger partial charge on any atom is -0.495 e. The van der Waals surface area contributed by atoms with Crippen LogP contribution in [0.5, 0.6) is 5.75 Å². The van der Waals surface area contributed by atoms with Crippen LogP contribution in [0.15, 0.2) is 77.7 Å². The molecule has 3 rings (SSSR count). The summed E-state index contributed by atoms with van der Waals surface area (Å²) in [6.07, 6.45) is 0. The molecule has 8 heteroatoms. The number of ether oxygens (including phenoxy) is 1. The Hall–Kier alpha value is -3.10. The Morgan fingerprint density at radius 3 is 2.26 bits per heavy atom. The standard InChI is InChI=1S/C23H25N3O3S2/c1-4-26(18-11-6-5-7-12-18)31(27,28)19-14-15-22(29-3)21(16-19)25-23(30)24-20-13-9-8-10-17(20)2/h5-16H,4H2,1-3H3,(H2,24,25,30). The predicted molar refractivity (Wildman–Crippen MR) is 131 cm³/mol. The molecule has 0 atom stereocenters. The number of rotatable bonds is 7. The number of nitrogens with zero attached hydrogens (tertiary/aromatic N) is 1. The normalized spacial score (nSPS) is 10.9. The van der Waals surface area contributed by atoms with Crippen molar-refractivity contribution in [2.75, 3.05) is 28.6 Å². The second-order valence-electron chi connectivity index (χ2n) is 6.76. The van der Waals surface area contributed by atoms with Crippen LogP contribution in [0.2, 0.25) is 0 Å². The van der Waals surface area contributed by atoms with Crippen LogP contribution < -0.4 is 19.7 Å². The van der Waals surface area contributed by atoms with E-state index in [4.69, 9.17) is 17.0 Å². The van der Waals surface area contributed by atoms with E-state index in [1.807, 2.05) is 49.4 Å². The molecule has 0 fully saturated rings. The molecule has 0 saturated carbocycles. The molecule has 3 aromatic rings. The summed E-state index contributed by atoms with van der Waals surface area (Å²) in [6, 6.07) is 21.4. The van der Waals surface area contributed by atoms with Crippen LogP contribution in [0.25, 0.3) is 0 Å². The van der Waals surface area contributed by atoms with Gasteiger partial charge in [0.2, 0.25) is 0 Å². The smallest absolute Gasteiger partial charge is 0.264 e. The quantitative estimate of drug-likeness (QED) is 0.487. The van der Waals surface area contributed by atoms with Crippen LogP contribution in [0.4, 0.5) is 17.1 Å². The van der Waals surface area contributed by atoms with Gasteiger partial charge in [-0.2, -0.15) is 0 Å². The molecule has 0 amide bonds. The molecule has 31 heavy (non-hydrogen) atoms. The van der Waals surface area contributed by atoms with Crippen molar-refractivity contribution in [1.82, 2.24) is 0 Å². The zero-order valence-corrected chi connectivity index (χ0v) is 19.3. The van der Waals surface area contributed by atoms with Crippen molar-refractivity contribution in [3.8, 4) is 5.75 Å². The van der Waals surface area contributed by atoms with Gasteiger partial charge in [-0.15, -0.1) is 0 Å². The summed E-state index contributed by atoms with van der Waals surface area (Å²) < 4.78 is 33.5. The first-order valence-corrected chi connectivity index (χ1v) is 11.6. The Balaban J connectivity index is 1.91. The fraction of sp³-hybridized carbons (Fsp3) is 0.174. The number of hydrogen-bond donors (Lipinski definition) is 2. The number of aryl methyl sites for hydroxylation is 1. The highest BCUT2D eigenvalue weighted by atomic mass is 32.2. The lowest BCUT2D eigenvalue weighted by atomic mass is 10.2. The van der Waals surface area contributed by atoms with E-state index in [9.17, 15) is 8.42 Å². The molecule has 0 aromatic heterocycles. The third-order valence-corrected chi connectivity index (χ3v) is 6.83. The lowest BCUT2D eigenvalue weighted by Gasteiger charge is -2.23. The average molecular weight is 456 g/mol. The van der Waals surface area contributed by atoms with E-state index < -0.39 is 10.0 Å². The van der Waals surface area contributed by atoms with E-state index in [0.29, 0.717) is 28.8 Å². The molecular weight excluding hydrogens is 430 g/mol. The largest absolute Gasteiger partial charge is 0.495 e. The number of benzene rings is 3. The summed E-state index contributed by atoms with van der Waals surface area (Å²) in [5, 5.41) is 6.52. The maximum Gasteiger partial charge on any atom is 0.264 e. The Kier molecular flexibility index (Phi) is 7.14. The van der Waals surface area contributed by atoms with Crippen LogP contribution in [-0.2, 0) is 10.0 Å². The average Bonchev–Trinajstić information content (AvgIpc) is 2.76. The van der Waals surface area contributed by atoms with Crippen LogP contribution in [0.1, 0.15) is 12.5 Å². The Morgan fingerprint density at radius 2 is 1.61 bits per heavy atom. The molecule has 0 radical (unpaired) electrons. The highest BCUT2D eigenvalue weighted by Gasteiger charge is 2.25. The Morgan fingerprint density at radius 1 is 0.968 bits per heavy atom. The van der Waals surface area contributed by atoms with Crippen LogP contribution in [0, 0.1) is 6.92 Å². The van der Waals surface area contributed by atoms with Gasteiger partial charge in [0, 0.05) is 12.2 Å². The van der Waals surface area contributed by atoms with E-state index in [2.05, 4.69) is 10.6 Å². The van der Waals surface area contributed by atoms with Gasteiger partial charge in [-0.3, -0.25) is 4.31 Å². The molecule has 0 aliphatic rings. The second-order valence-corrected chi connectivity index (χ2v) is 9.03. The van der Waals surface area contributed by atoms with Crippen molar-refractivity contribution < 1.29 is 13.2 Å². The number of methoxy groups -OCH3 is 1. The van der Waals surface area contributed by atoms with E-state index >= 15 is 0 Å². The van der Waals surface area contributed by atoms with Gasteiger partial charge < -0.3 is 15.4 Å². The minimum absolute atomic E-state index is 0.139. The molecule has 0 aliphatic carbocycles. The molecule has 6 nitrogen and oxygen atoms in total. The second kappa shape index (κ2) is 9.80. The number of anilines is 3. The SMILES string of the molecule is CCN(c1ccccc1)S(=O)(=O)c1ccc(OC)c(NC(=S)Nc2ccccc2C)c1. The maximum absolute atomic E-state index is 13.3. The van der Waals surface area contributed by atoms with E-state index in [1.165, 1.54) is 23.5 Å². The summed E-state index contributed by atoms with van der Waals surface area (Å²) >= 11 is 5.44. The molecule has 162 valence electrons. The van der Waals surface area contributed by atoms with Gasteiger partial charge in [0.05, 0.1) is 23.4 Å². The molecular formula is C23H25N3O3S2. The van der Waals surface area contributed by atoms with E-state index in [1.54, 1.807) is 25.1 Å². The fourth-order valence-electron chi connectivity index (χ4n) is 3.15. The molecule has 0 unspecified atom stereocenters. The van der Waals surface area contributed by atoms with Gasteiger partial charge in [0.15, 0.2) is 5.11 Å². The molecule has 0 aliphatic heterocycles. The highest BCUT2D eigenvalue weighted by molar-refractivity contribution is 7.92. The molecule has 0 heterocycles. The first-order chi connectivity index (χ1) is 14.9. The minimum atomic E-state index is -3.78. The molecule has 2 N–H and O–H groups in total. The van der Waals surface area contributed by atoms with Gasteiger partial charge in [-0.25, -0.2) is 8.42 Å². The number of sulfonamides is 1. The fourth-order valence-corrected chi connectivity index (χ4v) is 4.87. The summed E-state index contributed by atoms with van der Waals surface area (Å²) in [7, 11) is -2.26. The predicted octanol–water partition coefficient (Wildman–Crippen LogP) is 5.03. The molecule has 0 saturated heterocycles. The van der Waals surface area contributed by atoms with Gasteiger partial charge in [0.1, 0.15) is 5.75 Å². The van der Waals surface area contributed by atoms with Crippen molar-refractivity contribution in [1.29, 1.82) is 0 Å². The Bertz CT molecular complexity index is 1170. The first kappa shape index (κ1) is 22.6. The summed E-state index contributed by atoms with van der Waals surface area (Å²) in [5.41, 5.74) is 2.96. The van der Waals surface area contributed by atoms with Crippen LogP contribution in [-0.4, -0.2) is 27.2 Å². The molecule has 3 aromatic carbocycles. The lowest BCUT2D eigenvalue weighted by molar-refractivity contribution is 0.416. The highest BCUT2D eigenvalue weighted by Crippen LogP contribution is 2.31. The van der Waals surface area contributed by atoms with Crippen molar-refractivity contribution in [3.63, 3.8) is 0 Å². The van der Waals surface area contributed by atoms with Crippen molar-refractivity contribution >= 4 is 44.4 Å². The summed E-state index contributed by atoms with van der Waals surface area (Å²) in [4.78, 5) is 0.139. The number of para-hydroxylation sites is 2. The zero-order valence-electron chi connectivity index (χ0n) is 17.6. The Labute approximate surface area is 188 Å². The summed E-state index contributed by atoms with van der Waals surface area (Å²) in [6.45, 7) is 4.07. The van der Waals surface area contributed by atoms with Crippen LogP contribution in [0.3, 0.4) is 0 Å². The number of nitrogens with one attached hydrogen (secondary N) is 2. The number of hydrogen-bond acceptors (Lipinski definition) is 4. The van der Waals surface area contributed by atoms with Crippen molar-refractivity contribution in [2.24, 2.45) is 0 Å². The maximum atomic E-state index is 13.3. The third-order valence-electron chi connectivity index (χ3n) is 4.73. The van der Waals surface area contributed by atoms with Crippen LogP contribution >= 0.6 is 12.2 Å². The van der Waals surface area contributed by atoms with Gasteiger partial charge in [-0.1, -0.05) is 36.4 Å². The zero-order chi connectivity index (χ0) is 22.4. The van der Waals surface area contributed by atoms with Gasteiger partial charge in [0.25, 0.3) is 10.0 Å². The summed E-state index contributed by atoms with van der Waals surface area (Å²) in [5.74, 6) is 0.482. The lowest BCUT2D eigenvalue weighted by Crippen LogP contribution is -2.30. The topological polar surface area (TPSA) is 70.7 Å². The van der Waals surface area contributed by atoms with Crippen molar-refractivity contribution in [2.45, 2.75) is 18.7 Å². The van der Waals surface area contributed by atoms with E-state index in [0.717, 1.165) is 11.3 Å².